The molecule has 0 amide bonds. The average molecular weight is 353 g/mol. The monoisotopic (exact) mass is 353 g/mol. The summed E-state index contributed by atoms with van der Waals surface area (Å²) < 4.78 is 0.978. The molecular weight excluding hydrogens is 341 g/mol. The summed E-state index contributed by atoms with van der Waals surface area (Å²) in [5, 5.41) is 0. The Morgan fingerprint density at radius 1 is 1.06 bits per heavy atom. The fourth-order valence-electron chi connectivity index (χ4n) is 2.07. The second-order valence-corrected chi connectivity index (χ2v) is 5.85. The van der Waals surface area contributed by atoms with Crippen molar-refractivity contribution in [2.45, 2.75) is 16.7 Å². The third-order valence-corrected chi connectivity index (χ3v) is 4.71. The molecule has 3 heteroatoms. The van der Waals surface area contributed by atoms with E-state index >= 15 is 0 Å². The molecule has 1 aliphatic heterocycles. The number of fused-ring (bicyclic) bond motifs is 2. The lowest BCUT2D eigenvalue weighted by molar-refractivity contribution is 1.10. The third-order valence-electron chi connectivity index (χ3n) is 2.90. The molecule has 0 aromatic heterocycles. The van der Waals surface area contributed by atoms with Crippen LogP contribution in [0.15, 0.2) is 52.3 Å². The third kappa shape index (κ3) is 1.95. The van der Waals surface area contributed by atoms with Gasteiger partial charge in [-0.3, -0.25) is 0 Å². The van der Waals surface area contributed by atoms with Crippen molar-refractivity contribution in [1.82, 2.24) is 0 Å². The highest BCUT2D eigenvalue weighted by molar-refractivity contribution is 14.1. The van der Waals surface area contributed by atoms with Crippen molar-refractivity contribution in [3.63, 3.8) is 0 Å². The van der Waals surface area contributed by atoms with E-state index < -0.39 is 0 Å². The van der Waals surface area contributed by atoms with Gasteiger partial charge in [0.2, 0.25) is 0 Å². The summed E-state index contributed by atoms with van der Waals surface area (Å²) in [5.74, 6) is 0. The van der Waals surface area contributed by atoms with E-state index in [9.17, 15) is 0 Å². The van der Waals surface area contributed by atoms with E-state index in [0.717, 1.165) is 4.55 Å². The number of benzene rings is 2. The van der Waals surface area contributed by atoms with Gasteiger partial charge in [0.05, 0.1) is 15.9 Å². The van der Waals surface area contributed by atoms with Crippen molar-refractivity contribution in [2.75, 3.05) is 9.45 Å². The molecule has 0 atom stereocenters. The van der Waals surface area contributed by atoms with Gasteiger partial charge in [-0.1, -0.05) is 52.6 Å². The van der Waals surface area contributed by atoms with Gasteiger partial charge in [-0.05, 0) is 36.8 Å². The number of rotatable bonds is 1. The van der Waals surface area contributed by atoms with E-state index in [1.807, 2.05) is 11.8 Å². The van der Waals surface area contributed by atoms with Crippen LogP contribution in [0.25, 0.3) is 0 Å². The Morgan fingerprint density at radius 2 is 1.82 bits per heavy atom. The predicted molar refractivity (Wildman–Crippen MR) is 82.8 cm³/mol. The van der Waals surface area contributed by atoms with Crippen LogP contribution in [0.3, 0.4) is 0 Å². The number of hydrogen-bond acceptors (Lipinski definition) is 2. The van der Waals surface area contributed by atoms with E-state index in [0.29, 0.717) is 0 Å². The zero-order chi connectivity index (χ0) is 11.8. The van der Waals surface area contributed by atoms with Gasteiger partial charge in [-0.15, -0.1) is 0 Å². The molecule has 0 bridgehead atoms. The Kier molecular flexibility index (Phi) is 3.04. The van der Waals surface area contributed by atoms with Gasteiger partial charge in [0.1, 0.15) is 0 Å². The summed E-state index contributed by atoms with van der Waals surface area (Å²) in [6.07, 6.45) is 0. The molecule has 1 aliphatic rings. The van der Waals surface area contributed by atoms with Gasteiger partial charge in [-0.25, -0.2) is 0 Å². The van der Waals surface area contributed by atoms with Crippen molar-refractivity contribution in [2.24, 2.45) is 0 Å². The summed E-state index contributed by atoms with van der Waals surface area (Å²) >= 11 is 4.29. The standard InChI is InChI=1S/C14H12INS/c1-10-6-7-14-12(8-10)16(9-15)11-4-2-3-5-13(11)17-14/h2-8H,9H2,1H3. The quantitative estimate of drug-likeness (QED) is 0.404. The van der Waals surface area contributed by atoms with Crippen LogP contribution < -0.4 is 4.90 Å². The van der Waals surface area contributed by atoms with Gasteiger partial charge < -0.3 is 4.90 Å². The lowest BCUT2D eigenvalue weighted by Crippen LogP contribution is -2.18. The molecule has 1 nitrogen and oxygen atoms in total. The summed E-state index contributed by atoms with van der Waals surface area (Å²) in [7, 11) is 0. The molecule has 0 unspecified atom stereocenters. The molecular formula is C14H12INS. The Morgan fingerprint density at radius 3 is 2.65 bits per heavy atom. The highest BCUT2D eigenvalue weighted by Crippen LogP contribution is 2.48. The largest absolute Gasteiger partial charge is 0.330 e. The van der Waals surface area contributed by atoms with Gasteiger partial charge in [-0.2, -0.15) is 0 Å². The van der Waals surface area contributed by atoms with Gasteiger partial charge in [0, 0.05) is 9.79 Å². The zero-order valence-electron chi connectivity index (χ0n) is 9.48. The Hall–Kier alpha value is -0.680. The number of para-hydroxylation sites is 1. The Balaban J connectivity index is 2.19. The minimum Gasteiger partial charge on any atom is -0.330 e. The minimum atomic E-state index is 0.978. The normalized spacial score (nSPS) is 13.2. The number of hydrogen-bond donors (Lipinski definition) is 0. The van der Waals surface area contributed by atoms with Crippen molar-refractivity contribution >= 4 is 45.7 Å². The van der Waals surface area contributed by atoms with Crippen LogP contribution in [0.1, 0.15) is 5.56 Å². The molecule has 0 saturated carbocycles. The molecule has 0 saturated heterocycles. The first-order valence-electron chi connectivity index (χ1n) is 5.50. The summed E-state index contributed by atoms with van der Waals surface area (Å²) in [4.78, 5) is 5.08. The summed E-state index contributed by atoms with van der Waals surface area (Å²) in [6.45, 7) is 2.15. The van der Waals surface area contributed by atoms with Crippen LogP contribution >= 0.6 is 34.4 Å². The molecule has 0 aliphatic carbocycles. The van der Waals surface area contributed by atoms with E-state index in [-0.39, 0.29) is 0 Å². The highest BCUT2D eigenvalue weighted by Gasteiger charge is 2.21. The smallest absolute Gasteiger partial charge is 0.0749 e. The molecule has 0 N–H and O–H groups in total. The number of aryl methyl sites for hydroxylation is 1. The Bertz CT molecular complexity index is 568. The van der Waals surface area contributed by atoms with E-state index in [4.69, 9.17) is 0 Å². The SMILES string of the molecule is Cc1ccc2c(c1)N(CI)c1ccccc1S2. The van der Waals surface area contributed by atoms with Crippen LogP contribution in [0.5, 0.6) is 0 Å². The molecule has 2 aromatic rings. The molecule has 0 spiro atoms. The molecule has 3 rings (SSSR count). The summed E-state index contributed by atoms with van der Waals surface area (Å²) in [5.41, 5.74) is 3.98. The number of nitrogens with zero attached hydrogens (tertiary/aromatic N) is 1. The van der Waals surface area contributed by atoms with Crippen LogP contribution in [-0.4, -0.2) is 4.55 Å². The number of anilines is 2. The van der Waals surface area contributed by atoms with Crippen molar-refractivity contribution < 1.29 is 0 Å². The first-order chi connectivity index (χ1) is 8.29. The van der Waals surface area contributed by atoms with Crippen LogP contribution in [0, 0.1) is 6.92 Å². The van der Waals surface area contributed by atoms with E-state index in [2.05, 4.69) is 76.9 Å². The molecule has 0 fully saturated rings. The zero-order valence-corrected chi connectivity index (χ0v) is 12.5. The fraction of sp³-hybridized carbons (Fsp3) is 0.143. The predicted octanol–water partition coefficient (Wildman–Crippen LogP) is 4.99. The van der Waals surface area contributed by atoms with Gasteiger partial charge in [0.25, 0.3) is 0 Å². The maximum absolute atomic E-state index is 2.43. The first-order valence-corrected chi connectivity index (χ1v) is 7.85. The molecule has 86 valence electrons. The van der Waals surface area contributed by atoms with E-state index in [1.165, 1.54) is 26.7 Å². The Labute approximate surface area is 119 Å². The maximum atomic E-state index is 2.43. The van der Waals surface area contributed by atoms with Crippen molar-refractivity contribution in [1.29, 1.82) is 0 Å². The van der Waals surface area contributed by atoms with Crippen LogP contribution in [0.2, 0.25) is 0 Å². The second kappa shape index (κ2) is 4.53. The van der Waals surface area contributed by atoms with Crippen LogP contribution in [0.4, 0.5) is 11.4 Å². The fourth-order valence-corrected chi connectivity index (χ4v) is 3.88. The summed E-state index contributed by atoms with van der Waals surface area (Å²) in [6, 6.07) is 15.3. The van der Waals surface area contributed by atoms with Gasteiger partial charge in [0.15, 0.2) is 0 Å². The number of halogens is 1. The highest BCUT2D eigenvalue weighted by atomic mass is 127. The lowest BCUT2D eigenvalue weighted by atomic mass is 10.2. The second-order valence-electron chi connectivity index (χ2n) is 4.09. The van der Waals surface area contributed by atoms with E-state index in [1.54, 1.807) is 0 Å². The minimum absolute atomic E-state index is 0.978. The van der Waals surface area contributed by atoms with Crippen molar-refractivity contribution in [3.05, 3.63) is 48.0 Å². The topological polar surface area (TPSA) is 3.24 Å². The first kappa shape index (κ1) is 11.4. The van der Waals surface area contributed by atoms with Gasteiger partial charge >= 0.3 is 0 Å². The molecule has 2 aromatic carbocycles. The number of alkyl halides is 1. The van der Waals surface area contributed by atoms with Crippen LogP contribution in [-0.2, 0) is 0 Å². The molecule has 0 radical (unpaired) electrons. The lowest BCUT2D eigenvalue weighted by Gasteiger charge is -2.31. The molecule has 1 heterocycles. The molecule has 17 heavy (non-hydrogen) atoms. The van der Waals surface area contributed by atoms with Crippen molar-refractivity contribution in [3.8, 4) is 0 Å². The average Bonchev–Trinajstić information content (AvgIpc) is 2.36. The maximum Gasteiger partial charge on any atom is 0.0749 e.